The summed E-state index contributed by atoms with van der Waals surface area (Å²) in [5.41, 5.74) is 0. The molecule has 0 aliphatic carbocycles. The van der Waals surface area contributed by atoms with Crippen molar-refractivity contribution >= 4 is 0 Å². The highest BCUT2D eigenvalue weighted by Gasteiger charge is 1.87. The van der Waals surface area contributed by atoms with E-state index < -0.39 is 0 Å². The molecule has 0 heteroatoms. The monoisotopic (exact) mass is 347 g/mol. The van der Waals surface area contributed by atoms with Gasteiger partial charge in [0.05, 0.1) is 0 Å². The molecule has 0 aromatic carbocycles. The summed E-state index contributed by atoms with van der Waals surface area (Å²) >= 11 is 0. The molecule has 0 fully saturated rings. The van der Waals surface area contributed by atoms with E-state index in [0.29, 0.717) is 0 Å². The molecule has 139 valence electrons. The highest BCUT2D eigenvalue weighted by atomic mass is 13.9. The summed E-state index contributed by atoms with van der Waals surface area (Å²) in [5.74, 6) is 0. The van der Waals surface area contributed by atoms with Crippen molar-refractivity contribution in [2.24, 2.45) is 0 Å². The maximum atomic E-state index is 5.22. The molecule has 0 atom stereocenters. The average Bonchev–Trinajstić information content (AvgIpc) is 2.66. The van der Waals surface area contributed by atoms with Gasteiger partial charge in [-0.3, -0.25) is 0 Å². The molecule has 0 bridgehead atoms. The van der Waals surface area contributed by atoms with Crippen LogP contribution in [0.5, 0.6) is 0 Å². The fraction of sp³-hybridized carbons (Fsp3) is 0.308. The summed E-state index contributed by atoms with van der Waals surface area (Å²) in [5, 5.41) is 0. The second kappa shape index (κ2) is 22.7. The normalized spacial score (nSPS) is 13.6. The SMILES string of the molecule is [CH]=CC=CC=CC=CC=CC=CC=CC=CC=CCCCCCCCC. The van der Waals surface area contributed by atoms with E-state index in [0.717, 1.165) is 0 Å². The minimum Gasteiger partial charge on any atom is -0.0845 e. The largest absolute Gasteiger partial charge is 0.0845 e. The van der Waals surface area contributed by atoms with Crippen molar-refractivity contribution in [3.05, 3.63) is 110 Å². The van der Waals surface area contributed by atoms with Crippen LogP contribution in [0.15, 0.2) is 103 Å². The van der Waals surface area contributed by atoms with Crippen LogP contribution < -0.4 is 0 Å². The lowest BCUT2D eigenvalue weighted by Gasteiger charge is -1.97. The first-order chi connectivity index (χ1) is 12.9. The molecular formula is C26H35. The number of hydrogen-bond acceptors (Lipinski definition) is 0. The van der Waals surface area contributed by atoms with Crippen LogP contribution in [0.2, 0.25) is 0 Å². The summed E-state index contributed by atoms with van der Waals surface area (Å²) in [7, 11) is 0. The molecule has 0 aromatic heterocycles. The van der Waals surface area contributed by atoms with Gasteiger partial charge in [-0.2, -0.15) is 0 Å². The van der Waals surface area contributed by atoms with Gasteiger partial charge in [-0.1, -0.05) is 149 Å². The Bertz CT molecular complexity index is 530. The van der Waals surface area contributed by atoms with Crippen LogP contribution in [0.4, 0.5) is 0 Å². The maximum absolute atomic E-state index is 5.22. The molecule has 1 radical (unpaired) electrons. The Labute approximate surface area is 162 Å². The standard InChI is InChI=1S/C26H35/c1-3-5-7-9-11-13-15-17-19-21-23-25-26-24-22-20-18-16-14-12-10-8-6-4-2/h1,3,5,7,9,11,13,15,17-26H,4,6,8,10,12,14,16H2,2H3. The first-order valence-electron chi connectivity index (χ1n) is 9.78. The van der Waals surface area contributed by atoms with Gasteiger partial charge in [-0.05, 0) is 12.8 Å². The average molecular weight is 348 g/mol. The lowest BCUT2D eigenvalue weighted by molar-refractivity contribution is 0.611. The summed E-state index contributed by atoms with van der Waals surface area (Å²) in [6.45, 7) is 7.48. The zero-order chi connectivity index (χ0) is 19.0. The van der Waals surface area contributed by atoms with Crippen LogP contribution in [0, 0.1) is 6.58 Å². The predicted octanol–water partition coefficient (Wildman–Crippen LogP) is 8.18. The molecule has 0 rings (SSSR count). The quantitative estimate of drug-likeness (QED) is 0.207. The molecule has 0 unspecified atom stereocenters. The maximum Gasteiger partial charge on any atom is -0.0348 e. The van der Waals surface area contributed by atoms with Crippen molar-refractivity contribution < 1.29 is 0 Å². The van der Waals surface area contributed by atoms with Crippen LogP contribution in [0.1, 0.15) is 51.9 Å². The Morgan fingerprint density at radius 1 is 0.462 bits per heavy atom. The van der Waals surface area contributed by atoms with Crippen molar-refractivity contribution in [3.63, 3.8) is 0 Å². The summed E-state index contributed by atoms with van der Waals surface area (Å²) in [4.78, 5) is 0. The Kier molecular flexibility index (Phi) is 20.6. The Hall–Kier alpha value is -2.34. The van der Waals surface area contributed by atoms with Crippen molar-refractivity contribution in [1.29, 1.82) is 0 Å². The molecule has 0 nitrogen and oxygen atoms in total. The Morgan fingerprint density at radius 2 is 0.846 bits per heavy atom. The van der Waals surface area contributed by atoms with E-state index >= 15 is 0 Å². The molecule has 0 aliphatic heterocycles. The van der Waals surface area contributed by atoms with Crippen molar-refractivity contribution in [2.75, 3.05) is 0 Å². The number of allylic oxidation sites excluding steroid dienone is 17. The van der Waals surface area contributed by atoms with Gasteiger partial charge in [-0.25, -0.2) is 0 Å². The van der Waals surface area contributed by atoms with E-state index in [-0.39, 0.29) is 0 Å². The zero-order valence-corrected chi connectivity index (χ0v) is 16.3. The molecule has 0 saturated carbocycles. The highest BCUT2D eigenvalue weighted by Crippen LogP contribution is 2.07. The second-order valence-electron chi connectivity index (χ2n) is 5.87. The third kappa shape index (κ3) is 21.7. The van der Waals surface area contributed by atoms with E-state index in [2.05, 4.69) is 31.2 Å². The molecule has 0 heterocycles. The molecule has 0 aliphatic rings. The summed E-state index contributed by atoms with van der Waals surface area (Å²) < 4.78 is 0. The fourth-order valence-corrected chi connectivity index (χ4v) is 2.12. The number of hydrogen-bond donors (Lipinski definition) is 0. The van der Waals surface area contributed by atoms with Gasteiger partial charge < -0.3 is 0 Å². The smallest absolute Gasteiger partial charge is 0.0348 e. The van der Waals surface area contributed by atoms with Crippen molar-refractivity contribution in [2.45, 2.75) is 51.9 Å². The van der Waals surface area contributed by atoms with Gasteiger partial charge in [-0.15, -0.1) is 0 Å². The fourth-order valence-electron chi connectivity index (χ4n) is 2.12. The van der Waals surface area contributed by atoms with E-state index in [1.807, 2.05) is 66.8 Å². The summed E-state index contributed by atoms with van der Waals surface area (Å²) in [6, 6.07) is 0. The lowest BCUT2D eigenvalue weighted by Crippen LogP contribution is -1.77. The molecular weight excluding hydrogens is 312 g/mol. The van der Waals surface area contributed by atoms with E-state index in [4.69, 9.17) is 6.58 Å². The molecule has 0 amide bonds. The molecule has 0 N–H and O–H groups in total. The van der Waals surface area contributed by atoms with Gasteiger partial charge in [0.1, 0.15) is 0 Å². The van der Waals surface area contributed by atoms with Crippen LogP contribution in [-0.2, 0) is 0 Å². The van der Waals surface area contributed by atoms with Gasteiger partial charge in [0.2, 0.25) is 0 Å². The first-order valence-corrected chi connectivity index (χ1v) is 9.78. The minimum absolute atomic E-state index is 1.19. The highest BCUT2D eigenvalue weighted by molar-refractivity contribution is 5.21. The van der Waals surface area contributed by atoms with Crippen LogP contribution in [0.3, 0.4) is 0 Å². The molecule has 0 aromatic rings. The van der Waals surface area contributed by atoms with Crippen LogP contribution in [0.25, 0.3) is 0 Å². The number of unbranched alkanes of at least 4 members (excludes halogenated alkanes) is 6. The minimum atomic E-state index is 1.19. The van der Waals surface area contributed by atoms with E-state index in [1.54, 1.807) is 6.08 Å². The van der Waals surface area contributed by atoms with Crippen molar-refractivity contribution in [3.8, 4) is 0 Å². The Balaban J connectivity index is 3.68. The predicted molar refractivity (Wildman–Crippen MR) is 120 cm³/mol. The van der Waals surface area contributed by atoms with Gasteiger partial charge in [0, 0.05) is 0 Å². The molecule has 0 spiro atoms. The third-order valence-electron chi connectivity index (χ3n) is 3.53. The van der Waals surface area contributed by atoms with Gasteiger partial charge >= 0.3 is 0 Å². The van der Waals surface area contributed by atoms with E-state index in [9.17, 15) is 0 Å². The lowest BCUT2D eigenvalue weighted by atomic mass is 10.1. The molecule has 0 saturated heterocycles. The van der Waals surface area contributed by atoms with E-state index in [1.165, 1.54) is 51.0 Å². The Morgan fingerprint density at radius 3 is 1.31 bits per heavy atom. The van der Waals surface area contributed by atoms with Crippen molar-refractivity contribution in [1.82, 2.24) is 0 Å². The third-order valence-corrected chi connectivity index (χ3v) is 3.53. The molecule has 26 heavy (non-hydrogen) atoms. The zero-order valence-electron chi connectivity index (χ0n) is 16.3. The van der Waals surface area contributed by atoms with Gasteiger partial charge in [0.15, 0.2) is 0 Å². The van der Waals surface area contributed by atoms with Crippen LogP contribution >= 0.6 is 0 Å². The van der Waals surface area contributed by atoms with Crippen LogP contribution in [-0.4, -0.2) is 0 Å². The van der Waals surface area contributed by atoms with Gasteiger partial charge in [0.25, 0.3) is 0 Å². The topological polar surface area (TPSA) is 0 Å². The number of rotatable bonds is 15. The summed E-state index contributed by atoms with van der Waals surface area (Å²) in [6.07, 6.45) is 43.0. The second-order valence-corrected chi connectivity index (χ2v) is 5.87. The first kappa shape index (κ1) is 23.7.